The number of amides is 1. The topological polar surface area (TPSA) is 83.5 Å². The number of piperazine rings is 1. The van der Waals surface area contributed by atoms with Crippen LogP contribution in [0.15, 0.2) is 35.1 Å². The standard InChI is InChI=1S/C21H25N5O3/c1-14-12-16(18-19(22-14)24(2)23-20(18)27)21(28)26-10-8-25(9-11-26)13-15-6-4-5-7-17(15)29-3/h4-7,12H,8-11,13H2,1-3H3,(H,23,27). The Hall–Kier alpha value is -3.13. The van der Waals surface area contributed by atoms with Gasteiger partial charge in [0.15, 0.2) is 5.65 Å². The number of carbonyl (C=O) groups excluding carboxylic acids is 1. The van der Waals surface area contributed by atoms with E-state index in [1.807, 2.05) is 30.0 Å². The molecule has 2 aromatic heterocycles. The van der Waals surface area contributed by atoms with Crippen LogP contribution in [0.5, 0.6) is 5.75 Å². The number of nitrogens with one attached hydrogen (secondary N) is 1. The molecule has 8 heteroatoms. The summed E-state index contributed by atoms with van der Waals surface area (Å²) >= 11 is 0. The number of methoxy groups -OCH3 is 1. The summed E-state index contributed by atoms with van der Waals surface area (Å²) in [6.45, 7) is 5.37. The van der Waals surface area contributed by atoms with Crippen molar-refractivity contribution in [3.63, 3.8) is 0 Å². The number of nitrogens with zero attached hydrogens (tertiary/aromatic N) is 4. The van der Waals surface area contributed by atoms with Crippen LogP contribution < -0.4 is 10.3 Å². The molecule has 0 saturated carbocycles. The van der Waals surface area contributed by atoms with Gasteiger partial charge in [0.05, 0.1) is 18.1 Å². The largest absolute Gasteiger partial charge is 0.496 e. The quantitative estimate of drug-likeness (QED) is 0.725. The van der Waals surface area contributed by atoms with Crippen molar-refractivity contribution in [1.82, 2.24) is 24.6 Å². The highest BCUT2D eigenvalue weighted by Crippen LogP contribution is 2.21. The zero-order valence-corrected chi connectivity index (χ0v) is 16.9. The fourth-order valence-corrected chi connectivity index (χ4v) is 3.91. The Bertz CT molecular complexity index is 1110. The number of H-pyrrole nitrogens is 1. The predicted molar refractivity (Wildman–Crippen MR) is 110 cm³/mol. The van der Waals surface area contributed by atoms with E-state index in [0.29, 0.717) is 35.4 Å². The van der Waals surface area contributed by atoms with E-state index in [1.54, 1.807) is 24.9 Å². The summed E-state index contributed by atoms with van der Waals surface area (Å²) in [5.41, 5.74) is 2.50. The number of aromatic amines is 1. The number of hydrogen-bond donors (Lipinski definition) is 1. The Morgan fingerprint density at radius 2 is 1.93 bits per heavy atom. The van der Waals surface area contributed by atoms with Gasteiger partial charge >= 0.3 is 0 Å². The molecule has 0 bridgehead atoms. The minimum absolute atomic E-state index is 0.117. The van der Waals surface area contributed by atoms with Gasteiger partial charge in [-0.1, -0.05) is 18.2 Å². The number of ether oxygens (including phenoxy) is 1. The Balaban J connectivity index is 1.50. The van der Waals surface area contributed by atoms with E-state index in [4.69, 9.17) is 4.74 Å². The first-order valence-corrected chi connectivity index (χ1v) is 9.68. The van der Waals surface area contributed by atoms with E-state index < -0.39 is 0 Å². The lowest BCUT2D eigenvalue weighted by Crippen LogP contribution is -2.48. The average Bonchev–Trinajstić information content (AvgIpc) is 3.01. The number of carbonyl (C=O) groups is 1. The van der Waals surface area contributed by atoms with Crippen LogP contribution in [0.3, 0.4) is 0 Å². The Morgan fingerprint density at radius 1 is 1.21 bits per heavy atom. The third-order valence-electron chi connectivity index (χ3n) is 5.42. The summed E-state index contributed by atoms with van der Waals surface area (Å²) in [4.78, 5) is 34.0. The van der Waals surface area contributed by atoms with Gasteiger partial charge in [0.2, 0.25) is 0 Å². The first-order valence-electron chi connectivity index (χ1n) is 9.68. The summed E-state index contributed by atoms with van der Waals surface area (Å²) in [6, 6.07) is 9.70. The maximum atomic E-state index is 13.2. The second kappa shape index (κ2) is 7.71. The lowest BCUT2D eigenvalue weighted by atomic mass is 10.1. The fraction of sp³-hybridized carbons (Fsp3) is 0.381. The first kappa shape index (κ1) is 19.2. The van der Waals surface area contributed by atoms with Gasteiger partial charge in [-0.15, -0.1) is 0 Å². The second-order valence-electron chi connectivity index (χ2n) is 7.39. The van der Waals surface area contributed by atoms with E-state index >= 15 is 0 Å². The molecule has 0 atom stereocenters. The van der Waals surface area contributed by atoms with Crippen LogP contribution in [0.2, 0.25) is 0 Å². The van der Waals surface area contributed by atoms with E-state index in [2.05, 4.69) is 21.0 Å². The average molecular weight is 395 g/mol. The number of aryl methyl sites for hydroxylation is 2. The summed E-state index contributed by atoms with van der Waals surface area (Å²) in [6.07, 6.45) is 0. The van der Waals surface area contributed by atoms with Gasteiger partial charge in [-0.3, -0.25) is 24.3 Å². The van der Waals surface area contributed by atoms with Gasteiger partial charge in [0, 0.05) is 51.0 Å². The van der Waals surface area contributed by atoms with Crippen molar-refractivity contribution in [3.8, 4) is 5.75 Å². The lowest BCUT2D eigenvalue weighted by Gasteiger charge is -2.35. The number of rotatable bonds is 4. The smallest absolute Gasteiger partial charge is 0.274 e. The maximum Gasteiger partial charge on any atom is 0.274 e. The van der Waals surface area contributed by atoms with Crippen molar-refractivity contribution in [2.75, 3.05) is 33.3 Å². The first-order chi connectivity index (χ1) is 14.0. The molecule has 1 aromatic carbocycles. The predicted octanol–water partition coefficient (Wildman–Crippen LogP) is 1.54. The fourth-order valence-electron chi connectivity index (χ4n) is 3.91. The number of hydrogen-bond acceptors (Lipinski definition) is 5. The lowest BCUT2D eigenvalue weighted by molar-refractivity contribution is 0.0629. The highest BCUT2D eigenvalue weighted by molar-refractivity contribution is 6.05. The number of benzene rings is 1. The molecular weight excluding hydrogens is 370 g/mol. The maximum absolute atomic E-state index is 13.2. The molecule has 1 N–H and O–H groups in total. The van der Waals surface area contributed by atoms with Crippen molar-refractivity contribution < 1.29 is 9.53 Å². The number of pyridine rings is 1. The zero-order chi connectivity index (χ0) is 20.5. The zero-order valence-electron chi connectivity index (χ0n) is 16.9. The van der Waals surface area contributed by atoms with Crippen molar-refractivity contribution in [2.24, 2.45) is 7.05 Å². The number of aromatic nitrogens is 3. The minimum Gasteiger partial charge on any atom is -0.496 e. The Morgan fingerprint density at radius 3 is 2.66 bits per heavy atom. The van der Waals surface area contributed by atoms with E-state index in [-0.39, 0.29) is 11.5 Å². The van der Waals surface area contributed by atoms with Gasteiger partial charge in [-0.2, -0.15) is 0 Å². The van der Waals surface area contributed by atoms with E-state index in [9.17, 15) is 9.59 Å². The minimum atomic E-state index is -0.284. The summed E-state index contributed by atoms with van der Waals surface area (Å²) < 4.78 is 7.00. The van der Waals surface area contributed by atoms with Crippen molar-refractivity contribution in [3.05, 3.63) is 57.5 Å². The van der Waals surface area contributed by atoms with Crippen LogP contribution in [0.4, 0.5) is 0 Å². The van der Waals surface area contributed by atoms with E-state index in [1.165, 1.54) is 0 Å². The molecular formula is C21H25N5O3. The van der Waals surface area contributed by atoms with Gasteiger partial charge in [-0.25, -0.2) is 4.98 Å². The third-order valence-corrected chi connectivity index (χ3v) is 5.42. The summed E-state index contributed by atoms with van der Waals surface area (Å²) in [5, 5.41) is 3.05. The van der Waals surface area contributed by atoms with Crippen LogP contribution in [0.25, 0.3) is 11.0 Å². The summed E-state index contributed by atoms with van der Waals surface area (Å²) in [7, 11) is 3.40. The molecule has 8 nitrogen and oxygen atoms in total. The molecule has 1 aliphatic heterocycles. The molecule has 152 valence electrons. The van der Waals surface area contributed by atoms with Crippen molar-refractivity contribution in [2.45, 2.75) is 13.5 Å². The molecule has 0 aliphatic carbocycles. The van der Waals surface area contributed by atoms with Crippen LogP contribution in [0.1, 0.15) is 21.6 Å². The highest BCUT2D eigenvalue weighted by Gasteiger charge is 2.26. The third kappa shape index (κ3) is 3.63. The Labute approximate surface area is 168 Å². The van der Waals surface area contributed by atoms with E-state index in [0.717, 1.165) is 30.9 Å². The van der Waals surface area contributed by atoms with Crippen LogP contribution in [0, 0.1) is 6.92 Å². The molecule has 0 radical (unpaired) electrons. The van der Waals surface area contributed by atoms with Crippen LogP contribution in [-0.2, 0) is 13.6 Å². The van der Waals surface area contributed by atoms with Gasteiger partial charge in [0.25, 0.3) is 11.5 Å². The van der Waals surface area contributed by atoms with Crippen molar-refractivity contribution in [1.29, 1.82) is 0 Å². The van der Waals surface area contributed by atoms with Crippen molar-refractivity contribution >= 4 is 16.9 Å². The molecule has 3 aromatic rings. The molecule has 4 rings (SSSR count). The molecule has 0 unspecified atom stereocenters. The monoisotopic (exact) mass is 395 g/mol. The molecule has 1 aliphatic rings. The SMILES string of the molecule is COc1ccccc1CN1CCN(C(=O)c2cc(C)nc3c2c(=O)[nH]n3C)CC1. The van der Waals surface area contributed by atoms with Crippen LogP contribution >= 0.6 is 0 Å². The normalized spacial score (nSPS) is 15.1. The molecule has 1 amide bonds. The second-order valence-corrected chi connectivity index (χ2v) is 7.39. The molecule has 0 spiro atoms. The molecule has 29 heavy (non-hydrogen) atoms. The molecule has 3 heterocycles. The van der Waals surface area contributed by atoms with Gasteiger partial charge in [0.1, 0.15) is 5.75 Å². The van der Waals surface area contributed by atoms with Crippen LogP contribution in [-0.4, -0.2) is 63.8 Å². The highest BCUT2D eigenvalue weighted by atomic mass is 16.5. The number of para-hydroxylation sites is 1. The molecule has 1 saturated heterocycles. The van der Waals surface area contributed by atoms with Gasteiger partial charge < -0.3 is 9.64 Å². The van der Waals surface area contributed by atoms with Gasteiger partial charge in [-0.05, 0) is 19.1 Å². The summed E-state index contributed by atoms with van der Waals surface area (Å²) in [5.74, 6) is 0.762. The molecule has 1 fully saturated rings. The Kier molecular flexibility index (Phi) is 5.10. The number of fused-ring (bicyclic) bond motifs is 1.